The second-order valence-corrected chi connectivity index (χ2v) is 5.01. The summed E-state index contributed by atoms with van der Waals surface area (Å²) < 4.78 is 5.65. The molecule has 0 fully saturated rings. The maximum atomic E-state index is 10.5. The van der Waals surface area contributed by atoms with E-state index in [2.05, 4.69) is 26.0 Å². The Morgan fingerprint density at radius 2 is 2.00 bits per heavy atom. The Morgan fingerprint density at radius 3 is 2.71 bits per heavy atom. The van der Waals surface area contributed by atoms with Gasteiger partial charge in [-0.25, -0.2) is 0 Å². The van der Waals surface area contributed by atoms with Crippen LogP contribution in [0, 0.1) is 0 Å². The lowest BCUT2D eigenvalue weighted by atomic mass is 9.80. The molecule has 0 bridgehead atoms. The summed E-state index contributed by atoms with van der Waals surface area (Å²) in [5.74, 6) is 1.43. The van der Waals surface area contributed by atoms with Crippen molar-refractivity contribution in [3.63, 3.8) is 0 Å². The predicted octanol–water partition coefficient (Wildman–Crippen LogP) is 3.49. The third-order valence-corrected chi connectivity index (χ3v) is 4.03. The lowest BCUT2D eigenvalue weighted by molar-refractivity contribution is 0.0130. The third-order valence-electron chi connectivity index (χ3n) is 4.03. The van der Waals surface area contributed by atoms with Gasteiger partial charge in [-0.2, -0.15) is 0 Å². The second-order valence-electron chi connectivity index (χ2n) is 5.01. The van der Waals surface area contributed by atoms with Crippen molar-refractivity contribution in [3.8, 4) is 5.75 Å². The summed E-state index contributed by atoms with van der Waals surface area (Å²) >= 11 is 0. The van der Waals surface area contributed by atoms with E-state index < -0.39 is 5.60 Å². The Bertz CT molecular complexity index is 369. The molecule has 0 amide bonds. The van der Waals surface area contributed by atoms with Crippen LogP contribution in [0.1, 0.15) is 51.0 Å². The molecule has 0 radical (unpaired) electrons. The van der Waals surface area contributed by atoms with Gasteiger partial charge >= 0.3 is 0 Å². The number of ether oxygens (including phenoxy) is 1. The molecule has 0 aliphatic carbocycles. The van der Waals surface area contributed by atoms with Gasteiger partial charge in [-0.15, -0.1) is 0 Å². The molecular formula is C15H22O2. The van der Waals surface area contributed by atoms with Gasteiger partial charge in [0.15, 0.2) is 0 Å². The Labute approximate surface area is 104 Å². The summed E-state index contributed by atoms with van der Waals surface area (Å²) in [6, 6.07) is 8.22. The zero-order chi connectivity index (χ0) is 12.3. The highest BCUT2D eigenvalue weighted by Crippen LogP contribution is 2.39. The van der Waals surface area contributed by atoms with E-state index in [0.29, 0.717) is 5.92 Å². The van der Waals surface area contributed by atoms with Crippen LogP contribution in [0.5, 0.6) is 5.75 Å². The van der Waals surface area contributed by atoms with Crippen molar-refractivity contribution in [2.45, 2.75) is 51.0 Å². The van der Waals surface area contributed by atoms with Gasteiger partial charge < -0.3 is 9.84 Å². The highest BCUT2D eigenvalue weighted by atomic mass is 16.5. The fourth-order valence-corrected chi connectivity index (χ4v) is 2.63. The molecule has 0 spiro atoms. The van der Waals surface area contributed by atoms with Gasteiger partial charge in [0.2, 0.25) is 0 Å². The molecule has 1 aliphatic rings. The van der Waals surface area contributed by atoms with Crippen LogP contribution in [0.2, 0.25) is 0 Å². The molecule has 0 aromatic heterocycles. The SMILES string of the molecule is CCC(O)(CC)CC1CCOc2ccccc21. The summed E-state index contributed by atoms with van der Waals surface area (Å²) in [4.78, 5) is 0. The molecule has 1 aromatic carbocycles. The van der Waals surface area contributed by atoms with E-state index in [0.717, 1.165) is 38.0 Å². The van der Waals surface area contributed by atoms with E-state index in [4.69, 9.17) is 4.74 Å². The molecule has 1 aliphatic heterocycles. The van der Waals surface area contributed by atoms with Crippen LogP contribution in [-0.4, -0.2) is 17.3 Å². The summed E-state index contributed by atoms with van der Waals surface area (Å²) in [5, 5.41) is 10.5. The van der Waals surface area contributed by atoms with Crippen molar-refractivity contribution >= 4 is 0 Å². The Hall–Kier alpha value is -1.02. The summed E-state index contributed by atoms with van der Waals surface area (Å²) in [6.07, 6.45) is 3.51. The minimum Gasteiger partial charge on any atom is -0.493 e. The average molecular weight is 234 g/mol. The molecule has 0 saturated heterocycles. The van der Waals surface area contributed by atoms with Crippen molar-refractivity contribution in [1.82, 2.24) is 0 Å². The largest absolute Gasteiger partial charge is 0.493 e. The number of para-hydroxylation sites is 1. The zero-order valence-electron chi connectivity index (χ0n) is 10.8. The molecule has 2 heteroatoms. The van der Waals surface area contributed by atoms with Crippen molar-refractivity contribution in [1.29, 1.82) is 0 Å². The van der Waals surface area contributed by atoms with Crippen LogP contribution >= 0.6 is 0 Å². The van der Waals surface area contributed by atoms with Crippen LogP contribution in [0.15, 0.2) is 24.3 Å². The summed E-state index contributed by atoms with van der Waals surface area (Å²) in [7, 11) is 0. The maximum Gasteiger partial charge on any atom is 0.122 e. The predicted molar refractivity (Wildman–Crippen MR) is 69.4 cm³/mol. The fraction of sp³-hybridized carbons (Fsp3) is 0.600. The number of fused-ring (bicyclic) bond motifs is 1. The van der Waals surface area contributed by atoms with Gasteiger partial charge in [0.25, 0.3) is 0 Å². The lowest BCUT2D eigenvalue weighted by Crippen LogP contribution is -2.30. The molecule has 17 heavy (non-hydrogen) atoms. The zero-order valence-corrected chi connectivity index (χ0v) is 10.8. The molecule has 1 N–H and O–H groups in total. The van der Waals surface area contributed by atoms with Gasteiger partial charge in [0.1, 0.15) is 5.75 Å². The minimum absolute atomic E-state index is 0.435. The van der Waals surface area contributed by atoms with E-state index in [9.17, 15) is 5.11 Å². The van der Waals surface area contributed by atoms with Gasteiger partial charge in [-0.05, 0) is 43.2 Å². The topological polar surface area (TPSA) is 29.5 Å². The lowest BCUT2D eigenvalue weighted by Gasteiger charge is -2.33. The number of hydrogen-bond acceptors (Lipinski definition) is 2. The quantitative estimate of drug-likeness (QED) is 0.864. The fourth-order valence-electron chi connectivity index (χ4n) is 2.63. The molecular weight excluding hydrogens is 212 g/mol. The monoisotopic (exact) mass is 234 g/mol. The maximum absolute atomic E-state index is 10.5. The smallest absolute Gasteiger partial charge is 0.122 e. The molecule has 94 valence electrons. The molecule has 2 rings (SSSR count). The van der Waals surface area contributed by atoms with Gasteiger partial charge in [0.05, 0.1) is 12.2 Å². The first-order valence-electron chi connectivity index (χ1n) is 6.62. The van der Waals surface area contributed by atoms with E-state index in [1.807, 2.05) is 12.1 Å². The van der Waals surface area contributed by atoms with Crippen LogP contribution in [0.3, 0.4) is 0 Å². The van der Waals surface area contributed by atoms with Crippen molar-refractivity contribution in [3.05, 3.63) is 29.8 Å². The Kier molecular flexibility index (Phi) is 3.72. The van der Waals surface area contributed by atoms with E-state index in [-0.39, 0.29) is 0 Å². The highest BCUT2D eigenvalue weighted by Gasteiger charge is 2.30. The van der Waals surface area contributed by atoms with Crippen LogP contribution in [0.4, 0.5) is 0 Å². The van der Waals surface area contributed by atoms with Gasteiger partial charge in [-0.3, -0.25) is 0 Å². The van der Waals surface area contributed by atoms with Gasteiger partial charge in [0, 0.05) is 0 Å². The first-order valence-corrected chi connectivity index (χ1v) is 6.62. The number of benzene rings is 1. The first kappa shape index (κ1) is 12.4. The number of rotatable bonds is 4. The van der Waals surface area contributed by atoms with E-state index in [1.54, 1.807) is 0 Å². The standard InChI is InChI=1S/C15H22O2/c1-3-15(16,4-2)11-12-9-10-17-14-8-6-5-7-13(12)14/h5-8,12,16H,3-4,9-11H2,1-2H3. The molecule has 0 saturated carbocycles. The summed E-state index contributed by atoms with van der Waals surface area (Å²) in [6.45, 7) is 4.90. The number of hydrogen-bond donors (Lipinski definition) is 1. The second kappa shape index (κ2) is 5.09. The minimum atomic E-state index is -0.519. The van der Waals surface area contributed by atoms with Crippen molar-refractivity contribution in [2.75, 3.05) is 6.61 Å². The highest BCUT2D eigenvalue weighted by molar-refractivity contribution is 5.37. The normalized spacial score (nSPS) is 19.6. The molecule has 2 nitrogen and oxygen atoms in total. The van der Waals surface area contributed by atoms with E-state index >= 15 is 0 Å². The van der Waals surface area contributed by atoms with Crippen molar-refractivity contribution < 1.29 is 9.84 Å². The number of aliphatic hydroxyl groups is 1. The first-order chi connectivity index (χ1) is 8.18. The molecule has 1 aromatic rings. The van der Waals surface area contributed by atoms with Gasteiger partial charge in [-0.1, -0.05) is 32.0 Å². The van der Waals surface area contributed by atoms with Crippen LogP contribution in [0.25, 0.3) is 0 Å². The van der Waals surface area contributed by atoms with Crippen molar-refractivity contribution in [2.24, 2.45) is 0 Å². The van der Waals surface area contributed by atoms with Crippen LogP contribution < -0.4 is 4.74 Å². The molecule has 1 unspecified atom stereocenters. The summed E-state index contributed by atoms with van der Waals surface area (Å²) in [5.41, 5.74) is 0.744. The molecule has 1 heterocycles. The third kappa shape index (κ3) is 2.63. The molecule has 1 atom stereocenters. The van der Waals surface area contributed by atoms with E-state index in [1.165, 1.54) is 5.56 Å². The average Bonchev–Trinajstić information content (AvgIpc) is 2.39. The Morgan fingerprint density at radius 1 is 1.29 bits per heavy atom. The van der Waals surface area contributed by atoms with Crippen LogP contribution in [-0.2, 0) is 0 Å². The Balaban J connectivity index is 2.19.